The molecule has 0 atom stereocenters. The van der Waals surface area contributed by atoms with Crippen LogP contribution in [0.5, 0.6) is 0 Å². The maximum Gasteiger partial charge on any atom is 0.228 e. The fourth-order valence-corrected chi connectivity index (χ4v) is 2.33. The van der Waals surface area contributed by atoms with Crippen LogP contribution >= 0.6 is 0 Å². The fourth-order valence-electron chi connectivity index (χ4n) is 2.33. The number of Topliss-reactive ketones (excluding diaryl/α,β-unsaturated/α-hetero) is 1. The molecule has 1 amide bonds. The van der Waals surface area contributed by atoms with Crippen LogP contribution in [0, 0.1) is 0 Å². The highest BCUT2D eigenvalue weighted by molar-refractivity contribution is 5.98. The molecule has 1 N–H and O–H groups in total. The van der Waals surface area contributed by atoms with Crippen molar-refractivity contribution < 1.29 is 9.59 Å². The Labute approximate surface area is 113 Å². The quantitative estimate of drug-likeness (QED) is 0.827. The van der Waals surface area contributed by atoms with Crippen LogP contribution in [-0.2, 0) is 4.79 Å². The van der Waals surface area contributed by atoms with Gasteiger partial charge in [0.25, 0.3) is 0 Å². The maximum absolute atomic E-state index is 12.3. The summed E-state index contributed by atoms with van der Waals surface area (Å²) in [5.41, 5.74) is 1.27. The third-order valence-corrected chi connectivity index (χ3v) is 3.40. The van der Waals surface area contributed by atoms with Gasteiger partial charge in [-0.25, -0.2) is 0 Å². The minimum atomic E-state index is -0.177. The van der Waals surface area contributed by atoms with Crippen LogP contribution < -0.4 is 10.2 Å². The van der Waals surface area contributed by atoms with Gasteiger partial charge in [-0.1, -0.05) is 12.1 Å². The SMILES string of the molecule is CC(=O)c1cccc(N2CCNC(C)(C)CC2=O)c1. The Morgan fingerprint density at radius 1 is 1.37 bits per heavy atom. The number of rotatable bonds is 2. The van der Waals surface area contributed by atoms with E-state index in [-0.39, 0.29) is 17.2 Å². The predicted octanol–water partition coefficient (Wildman–Crippen LogP) is 1.99. The zero-order valence-corrected chi connectivity index (χ0v) is 11.7. The van der Waals surface area contributed by atoms with Gasteiger partial charge in [0.05, 0.1) is 0 Å². The molecule has 4 nitrogen and oxygen atoms in total. The first-order chi connectivity index (χ1) is 8.89. The van der Waals surface area contributed by atoms with Crippen LogP contribution in [0.15, 0.2) is 24.3 Å². The average molecular weight is 260 g/mol. The van der Waals surface area contributed by atoms with Crippen molar-refractivity contribution in [2.45, 2.75) is 32.7 Å². The minimum Gasteiger partial charge on any atom is -0.311 e. The molecule has 1 heterocycles. The molecule has 0 bridgehead atoms. The summed E-state index contributed by atoms with van der Waals surface area (Å²) in [6, 6.07) is 7.26. The van der Waals surface area contributed by atoms with Crippen molar-refractivity contribution in [3.63, 3.8) is 0 Å². The summed E-state index contributed by atoms with van der Waals surface area (Å²) in [7, 11) is 0. The molecule has 1 saturated heterocycles. The molecule has 0 radical (unpaired) electrons. The number of nitrogens with zero attached hydrogens (tertiary/aromatic N) is 1. The highest BCUT2D eigenvalue weighted by atomic mass is 16.2. The van der Waals surface area contributed by atoms with E-state index in [1.807, 2.05) is 26.0 Å². The van der Waals surface area contributed by atoms with Crippen molar-refractivity contribution in [2.75, 3.05) is 18.0 Å². The van der Waals surface area contributed by atoms with Gasteiger partial charge in [0.2, 0.25) is 5.91 Å². The number of ketones is 1. The largest absolute Gasteiger partial charge is 0.311 e. The molecular weight excluding hydrogens is 240 g/mol. The molecule has 0 spiro atoms. The number of carbonyl (C=O) groups is 2. The topological polar surface area (TPSA) is 49.4 Å². The third kappa shape index (κ3) is 3.20. The Hall–Kier alpha value is -1.68. The van der Waals surface area contributed by atoms with Gasteiger partial charge < -0.3 is 10.2 Å². The number of nitrogens with one attached hydrogen (secondary N) is 1. The first-order valence-corrected chi connectivity index (χ1v) is 6.55. The van der Waals surface area contributed by atoms with Crippen molar-refractivity contribution in [1.29, 1.82) is 0 Å². The van der Waals surface area contributed by atoms with Crippen molar-refractivity contribution in [3.8, 4) is 0 Å². The normalized spacial score (nSPS) is 19.1. The summed E-state index contributed by atoms with van der Waals surface area (Å²) in [6.45, 7) is 6.97. The Morgan fingerprint density at radius 2 is 2.11 bits per heavy atom. The molecule has 0 unspecified atom stereocenters. The van der Waals surface area contributed by atoms with Gasteiger partial charge in [-0.05, 0) is 32.9 Å². The van der Waals surface area contributed by atoms with E-state index in [9.17, 15) is 9.59 Å². The molecular formula is C15H20N2O2. The van der Waals surface area contributed by atoms with Crippen LogP contribution in [0.1, 0.15) is 37.6 Å². The van der Waals surface area contributed by atoms with Crippen LogP contribution in [0.4, 0.5) is 5.69 Å². The van der Waals surface area contributed by atoms with Gasteiger partial charge in [-0.3, -0.25) is 9.59 Å². The highest BCUT2D eigenvalue weighted by Gasteiger charge is 2.29. The molecule has 1 aliphatic heterocycles. The van der Waals surface area contributed by atoms with Gasteiger partial charge in [0.1, 0.15) is 0 Å². The summed E-state index contributed by atoms with van der Waals surface area (Å²) < 4.78 is 0. The van der Waals surface area contributed by atoms with Crippen molar-refractivity contribution >= 4 is 17.4 Å². The Kier molecular flexibility index (Phi) is 3.71. The summed E-state index contributed by atoms with van der Waals surface area (Å²) in [6.07, 6.45) is 0.456. The van der Waals surface area contributed by atoms with E-state index in [1.165, 1.54) is 6.92 Å². The van der Waals surface area contributed by atoms with Crippen LogP contribution in [0.25, 0.3) is 0 Å². The van der Waals surface area contributed by atoms with Gasteiger partial charge in [-0.2, -0.15) is 0 Å². The predicted molar refractivity (Wildman–Crippen MR) is 75.5 cm³/mol. The lowest BCUT2D eigenvalue weighted by atomic mass is 10.0. The van der Waals surface area contributed by atoms with E-state index >= 15 is 0 Å². The second kappa shape index (κ2) is 5.13. The summed E-state index contributed by atoms with van der Waals surface area (Å²) in [4.78, 5) is 25.5. The molecule has 1 fully saturated rings. The second-order valence-corrected chi connectivity index (χ2v) is 5.64. The zero-order valence-electron chi connectivity index (χ0n) is 11.7. The molecule has 0 aromatic heterocycles. The van der Waals surface area contributed by atoms with E-state index in [4.69, 9.17) is 0 Å². The van der Waals surface area contributed by atoms with E-state index in [0.29, 0.717) is 18.5 Å². The second-order valence-electron chi connectivity index (χ2n) is 5.64. The molecule has 4 heteroatoms. The van der Waals surface area contributed by atoms with E-state index in [0.717, 1.165) is 12.2 Å². The number of amides is 1. The average Bonchev–Trinajstić information content (AvgIpc) is 2.46. The van der Waals surface area contributed by atoms with Crippen LogP contribution in [0.2, 0.25) is 0 Å². The van der Waals surface area contributed by atoms with Gasteiger partial charge >= 0.3 is 0 Å². The van der Waals surface area contributed by atoms with Gasteiger partial charge in [0, 0.05) is 36.3 Å². The van der Waals surface area contributed by atoms with E-state index < -0.39 is 0 Å². The van der Waals surface area contributed by atoms with Crippen LogP contribution in [-0.4, -0.2) is 30.3 Å². The maximum atomic E-state index is 12.3. The molecule has 1 aromatic rings. The highest BCUT2D eigenvalue weighted by Crippen LogP contribution is 2.21. The molecule has 19 heavy (non-hydrogen) atoms. The third-order valence-electron chi connectivity index (χ3n) is 3.40. The van der Waals surface area contributed by atoms with E-state index in [2.05, 4.69) is 5.32 Å². The smallest absolute Gasteiger partial charge is 0.228 e. The summed E-state index contributed by atoms with van der Waals surface area (Å²) >= 11 is 0. The lowest BCUT2D eigenvalue weighted by Crippen LogP contribution is -2.39. The molecule has 1 aliphatic rings. The van der Waals surface area contributed by atoms with Crippen molar-refractivity contribution in [3.05, 3.63) is 29.8 Å². The first-order valence-electron chi connectivity index (χ1n) is 6.55. The standard InChI is InChI=1S/C15H20N2O2/c1-11(18)12-5-4-6-13(9-12)17-8-7-16-15(2,3)10-14(17)19/h4-6,9,16H,7-8,10H2,1-3H3. The molecule has 0 saturated carbocycles. The monoisotopic (exact) mass is 260 g/mol. The van der Waals surface area contributed by atoms with Gasteiger partial charge in [-0.15, -0.1) is 0 Å². The first kappa shape index (κ1) is 13.7. The molecule has 2 rings (SSSR count). The zero-order chi connectivity index (χ0) is 14.0. The molecule has 0 aliphatic carbocycles. The number of hydrogen-bond donors (Lipinski definition) is 1. The number of benzene rings is 1. The fraction of sp³-hybridized carbons (Fsp3) is 0.467. The number of carbonyl (C=O) groups excluding carboxylic acids is 2. The Balaban J connectivity index is 2.28. The number of anilines is 1. The molecule has 1 aromatic carbocycles. The molecule has 102 valence electrons. The van der Waals surface area contributed by atoms with Crippen molar-refractivity contribution in [2.24, 2.45) is 0 Å². The summed E-state index contributed by atoms with van der Waals surface area (Å²) in [5, 5.41) is 3.36. The Bertz CT molecular complexity index is 509. The van der Waals surface area contributed by atoms with Crippen molar-refractivity contribution in [1.82, 2.24) is 5.32 Å². The Morgan fingerprint density at radius 3 is 2.79 bits per heavy atom. The number of hydrogen-bond acceptors (Lipinski definition) is 3. The van der Waals surface area contributed by atoms with Gasteiger partial charge in [0.15, 0.2) is 5.78 Å². The lowest BCUT2D eigenvalue weighted by molar-refractivity contribution is -0.119. The van der Waals surface area contributed by atoms with E-state index in [1.54, 1.807) is 17.0 Å². The van der Waals surface area contributed by atoms with Crippen LogP contribution in [0.3, 0.4) is 0 Å². The minimum absolute atomic E-state index is 0.0163. The lowest BCUT2D eigenvalue weighted by Gasteiger charge is -2.23. The summed E-state index contributed by atoms with van der Waals surface area (Å²) in [5.74, 6) is 0.110.